The molecule has 144 valence electrons. The van der Waals surface area contributed by atoms with Crippen LogP contribution in [0.4, 0.5) is 8.78 Å². The van der Waals surface area contributed by atoms with Crippen molar-refractivity contribution in [2.45, 2.75) is 19.1 Å². The molecular formula is C19H19F2NO5. The van der Waals surface area contributed by atoms with Gasteiger partial charge in [0.05, 0.1) is 7.11 Å². The molecular weight excluding hydrogens is 360 g/mol. The smallest absolute Gasteiger partial charge is 0.387 e. The molecule has 0 radical (unpaired) electrons. The van der Waals surface area contributed by atoms with Crippen LogP contribution in [0.5, 0.6) is 23.0 Å². The Hall–Kier alpha value is -3.03. The number of amides is 1. The molecule has 1 aliphatic heterocycles. The molecule has 0 saturated carbocycles. The summed E-state index contributed by atoms with van der Waals surface area (Å²) in [6.07, 6.45) is -0.238. The lowest BCUT2D eigenvalue weighted by atomic mass is 10.1. The lowest BCUT2D eigenvalue weighted by Crippen LogP contribution is -2.44. The molecule has 0 fully saturated rings. The van der Waals surface area contributed by atoms with Gasteiger partial charge in [0.2, 0.25) is 6.10 Å². The number of carbonyl (C=O) groups excluding carboxylic acids is 1. The zero-order valence-corrected chi connectivity index (χ0v) is 14.6. The topological polar surface area (TPSA) is 66.0 Å². The zero-order chi connectivity index (χ0) is 19.2. The SMILES string of the molecule is COc1cc(CCNC(=O)[C@H]2COc3ccccc3O2)ccc1OC(F)F. The van der Waals surface area contributed by atoms with Crippen molar-refractivity contribution in [3.63, 3.8) is 0 Å². The molecule has 0 bridgehead atoms. The van der Waals surface area contributed by atoms with E-state index in [1.165, 1.54) is 13.2 Å². The third kappa shape index (κ3) is 4.78. The van der Waals surface area contributed by atoms with Gasteiger partial charge < -0.3 is 24.3 Å². The van der Waals surface area contributed by atoms with E-state index in [0.29, 0.717) is 24.5 Å². The van der Waals surface area contributed by atoms with E-state index in [0.717, 1.165) is 5.56 Å². The van der Waals surface area contributed by atoms with Crippen molar-refractivity contribution < 1.29 is 32.5 Å². The predicted octanol–water partition coefficient (Wildman–Crippen LogP) is 2.80. The number of para-hydroxylation sites is 2. The summed E-state index contributed by atoms with van der Waals surface area (Å²) in [5, 5.41) is 2.78. The van der Waals surface area contributed by atoms with Crippen LogP contribution >= 0.6 is 0 Å². The van der Waals surface area contributed by atoms with E-state index < -0.39 is 12.7 Å². The molecule has 0 spiro atoms. The standard InChI is InChI=1S/C19H19F2NO5/c1-24-16-10-12(6-7-15(16)27-19(20)21)8-9-22-18(23)17-11-25-13-4-2-3-5-14(13)26-17/h2-7,10,17,19H,8-9,11H2,1H3,(H,22,23)/t17-/m1/s1. The minimum Gasteiger partial charge on any atom is -0.493 e. The molecule has 6 nitrogen and oxygen atoms in total. The Morgan fingerprint density at radius 3 is 2.74 bits per heavy atom. The lowest BCUT2D eigenvalue weighted by Gasteiger charge is -2.25. The van der Waals surface area contributed by atoms with Crippen LogP contribution in [-0.2, 0) is 11.2 Å². The molecule has 1 N–H and O–H groups in total. The fourth-order valence-corrected chi connectivity index (χ4v) is 2.65. The Labute approximate surface area is 155 Å². The molecule has 1 atom stereocenters. The number of fused-ring (bicyclic) bond motifs is 1. The second-order valence-corrected chi connectivity index (χ2v) is 5.77. The third-order valence-electron chi connectivity index (χ3n) is 3.96. The molecule has 8 heteroatoms. The fourth-order valence-electron chi connectivity index (χ4n) is 2.65. The average Bonchev–Trinajstić information content (AvgIpc) is 2.68. The van der Waals surface area contributed by atoms with Crippen LogP contribution in [0.25, 0.3) is 0 Å². The molecule has 0 unspecified atom stereocenters. The van der Waals surface area contributed by atoms with E-state index in [2.05, 4.69) is 10.1 Å². The number of carbonyl (C=O) groups is 1. The first kappa shape index (κ1) is 18.8. The molecule has 1 heterocycles. The minimum atomic E-state index is -2.92. The van der Waals surface area contributed by atoms with Crippen LogP contribution in [0, 0.1) is 0 Å². The quantitative estimate of drug-likeness (QED) is 0.801. The van der Waals surface area contributed by atoms with E-state index in [4.69, 9.17) is 14.2 Å². The Bertz CT molecular complexity index is 799. The number of halogens is 2. The Kier molecular flexibility index (Phi) is 5.95. The summed E-state index contributed by atoms with van der Waals surface area (Å²) in [6.45, 7) is -2.44. The van der Waals surface area contributed by atoms with Gasteiger partial charge in [-0.3, -0.25) is 4.79 Å². The highest BCUT2D eigenvalue weighted by atomic mass is 19.3. The van der Waals surface area contributed by atoms with Crippen molar-refractivity contribution in [2.75, 3.05) is 20.3 Å². The third-order valence-corrected chi connectivity index (χ3v) is 3.96. The molecule has 1 amide bonds. The van der Waals surface area contributed by atoms with Gasteiger partial charge in [-0.1, -0.05) is 18.2 Å². The molecule has 0 aromatic heterocycles. The van der Waals surface area contributed by atoms with Crippen molar-refractivity contribution in [3.8, 4) is 23.0 Å². The molecule has 0 aliphatic carbocycles. The van der Waals surface area contributed by atoms with Gasteiger partial charge >= 0.3 is 6.61 Å². The van der Waals surface area contributed by atoms with E-state index in [1.807, 2.05) is 6.07 Å². The molecule has 0 saturated heterocycles. The number of nitrogens with one attached hydrogen (secondary N) is 1. The van der Waals surface area contributed by atoms with Crippen molar-refractivity contribution in [2.24, 2.45) is 0 Å². The summed E-state index contributed by atoms with van der Waals surface area (Å²) in [5.74, 6) is 1.03. The number of hydrogen-bond acceptors (Lipinski definition) is 5. The van der Waals surface area contributed by atoms with Gasteiger partial charge in [-0.15, -0.1) is 0 Å². The number of hydrogen-bond donors (Lipinski definition) is 1. The molecule has 3 rings (SSSR count). The minimum absolute atomic E-state index is 0.0355. The number of rotatable bonds is 7. The maximum atomic E-state index is 12.4. The average molecular weight is 379 g/mol. The Balaban J connectivity index is 1.52. The molecule has 27 heavy (non-hydrogen) atoms. The van der Waals surface area contributed by atoms with Gasteiger partial charge in [-0.05, 0) is 36.2 Å². The second-order valence-electron chi connectivity index (χ2n) is 5.77. The second kappa shape index (κ2) is 8.57. The fraction of sp³-hybridized carbons (Fsp3) is 0.316. The van der Waals surface area contributed by atoms with Crippen molar-refractivity contribution in [3.05, 3.63) is 48.0 Å². The maximum Gasteiger partial charge on any atom is 0.387 e. The Morgan fingerprint density at radius 1 is 1.22 bits per heavy atom. The zero-order valence-electron chi connectivity index (χ0n) is 14.6. The normalized spacial score (nSPS) is 15.3. The summed E-state index contributed by atoms with van der Waals surface area (Å²) in [6, 6.07) is 11.8. The van der Waals surface area contributed by atoms with Gasteiger partial charge in [0.25, 0.3) is 5.91 Å². The van der Waals surface area contributed by atoms with E-state index in [9.17, 15) is 13.6 Å². The molecule has 2 aromatic rings. The van der Waals surface area contributed by atoms with Gasteiger partial charge in [0.15, 0.2) is 23.0 Å². The summed E-state index contributed by atoms with van der Waals surface area (Å²) < 4.78 is 45.3. The molecule has 1 aliphatic rings. The van der Waals surface area contributed by atoms with Gasteiger partial charge in [0.1, 0.15) is 6.61 Å². The molecule has 2 aromatic carbocycles. The van der Waals surface area contributed by atoms with Crippen molar-refractivity contribution in [1.82, 2.24) is 5.32 Å². The van der Waals surface area contributed by atoms with Crippen molar-refractivity contribution >= 4 is 5.91 Å². The highest BCUT2D eigenvalue weighted by Gasteiger charge is 2.26. The summed E-state index contributed by atoms with van der Waals surface area (Å²) in [7, 11) is 1.37. The maximum absolute atomic E-state index is 12.4. The monoisotopic (exact) mass is 379 g/mol. The van der Waals surface area contributed by atoms with Crippen LogP contribution < -0.4 is 24.3 Å². The van der Waals surface area contributed by atoms with Gasteiger partial charge in [-0.25, -0.2) is 0 Å². The number of alkyl halides is 2. The van der Waals surface area contributed by atoms with Crippen LogP contribution in [-0.4, -0.2) is 38.9 Å². The van der Waals surface area contributed by atoms with Crippen LogP contribution in [0.3, 0.4) is 0 Å². The van der Waals surface area contributed by atoms with Crippen LogP contribution in [0.1, 0.15) is 5.56 Å². The van der Waals surface area contributed by atoms with Crippen LogP contribution in [0.15, 0.2) is 42.5 Å². The van der Waals surface area contributed by atoms with E-state index >= 15 is 0 Å². The Morgan fingerprint density at radius 2 is 2.00 bits per heavy atom. The number of ether oxygens (including phenoxy) is 4. The lowest BCUT2D eigenvalue weighted by molar-refractivity contribution is -0.130. The largest absolute Gasteiger partial charge is 0.493 e. The van der Waals surface area contributed by atoms with Gasteiger partial charge in [0, 0.05) is 6.54 Å². The van der Waals surface area contributed by atoms with E-state index in [1.54, 1.807) is 30.3 Å². The number of benzene rings is 2. The highest BCUT2D eigenvalue weighted by Crippen LogP contribution is 2.31. The first-order valence-electron chi connectivity index (χ1n) is 8.34. The summed E-state index contributed by atoms with van der Waals surface area (Å²) >= 11 is 0. The highest BCUT2D eigenvalue weighted by molar-refractivity contribution is 5.81. The van der Waals surface area contributed by atoms with Crippen molar-refractivity contribution in [1.29, 1.82) is 0 Å². The van der Waals surface area contributed by atoms with E-state index in [-0.39, 0.29) is 24.0 Å². The van der Waals surface area contributed by atoms with Crippen LogP contribution in [0.2, 0.25) is 0 Å². The first-order chi connectivity index (χ1) is 13.1. The first-order valence-corrected chi connectivity index (χ1v) is 8.34. The number of methoxy groups -OCH3 is 1. The summed E-state index contributed by atoms with van der Waals surface area (Å²) in [5.41, 5.74) is 0.805. The predicted molar refractivity (Wildman–Crippen MR) is 92.7 cm³/mol. The summed E-state index contributed by atoms with van der Waals surface area (Å²) in [4.78, 5) is 12.3. The van der Waals surface area contributed by atoms with Gasteiger partial charge in [-0.2, -0.15) is 8.78 Å².